The largest absolute Gasteiger partial charge is 0.409 e. The van der Waals surface area contributed by atoms with Crippen molar-refractivity contribution in [2.45, 2.75) is 52.4 Å². The molecule has 1 unspecified atom stereocenters. The summed E-state index contributed by atoms with van der Waals surface area (Å²) in [6.07, 6.45) is 6.25. The fraction of sp³-hybridized carbons (Fsp3) is 0.833. The van der Waals surface area contributed by atoms with Gasteiger partial charge in [0.1, 0.15) is 5.84 Å². The molecule has 1 amide bonds. The Balaban J connectivity index is 3.53. The van der Waals surface area contributed by atoms with Crippen LogP contribution in [0.25, 0.3) is 0 Å². The molecule has 1 atom stereocenters. The summed E-state index contributed by atoms with van der Waals surface area (Å²) in [4.78, 5) is 11.4. The van der Waals surface area contributed by atoms with E-state index in [1.54, 1.807) is 6.92 Å². The van der Waals surface area contributed by atoms with Crippen molar-refractivity contribution < 1.29 is 10.0 Å². The normalized spacial score (nSPS) is 13.4. The molecule has 0 aliphatic heterocycles. The van der Waals surface area contributed by atoms with Gasteiger partial charge < -0.3 is 16.3 Å². The van der Waals surface area contributed by atoms with Crippen LogP contribution in [-0.4, -0.2) is 23.5 Å². The lowest BCUT2D eigenvalue weighted by Gasteiger charge is -2.10. The Labute approximate surface area is 103 Å². The van der Waals surface area contributed by atoms with Gasteiger partial charge in [-0.05, 0) is 6.42 Å². The van der Waals surface area contributed by atoms with E-state index in [0.717, 1.165) is 12.8 Å². The third kappa shape index (κ3) is 8.54. The Morgan fingerprint density at radius 2 is 2.00 bits per heavy atom. The van der Waals surface area contributed by atoms with Crippen molar-refractivity contribution in [1.29, 1.82) is 0 Å². The number of nitrogens with zero attached hydrogens (tertiary/aromatic N) is 1. The molecule has 0 heterocycles. The van der Waals surface area contributed by atoms with E-state index in [1.165, 1.54) is 19.3 Å². The van der Waals surface area contributed by atoms with Crippen molar-refractivity contribution >= 4 is 11.7 Å². The zero-order valence-corrected chi connectivity index (χ0v) is 10.9. The van der Waals surface area contributed by atoms with E-state index >= 15 is 0 Å². The van der Waals surface area contributed by atoms with E-state index in [0.29, 0.717) is 13.0 Å². The molecule has 0 fully saturated rings. The second-order valence-corrected chi connectivity index (χ2v) is 4.39. The molecule has 17 heavy (non-hydrogen) atoms. The van der Waals surface area contributed by atoms with Crippen molar-refractivity contribution in [2.24, 2.45) is 16.8 Å². The van der Waals surface area contributed by atoms with Crippen LogP contribution in [0.3, 0.4) is 0 Å². The first-order valence-electron chi connectivity index (χ1n) is 6.35. The third-order valence-corrected chi connectivity index (χ3v) is 2.73. The second kappa shape index (κ2) is 9.93. The Morgan fingerprint density at radius 3 is 2.59 bits per heavy atom. The standard InChI is InChI=1S/C12H25N3O2/c1-3-4-5-6-7-8-11(16)14-9-10(2)12(13)15-17/h10,17H,3-9H2,1-2H3,(H2,13,15)(H,14,16). The Bertz CT molecular complexity index is 242. The van der Waals surface area contributed by atoms with Gasteiger partial charge in [-0.2, -0.15) is 0 Å². The van der Waals surface area contributed by atoms with Crippen LogP contribution in [0.15, 0.2) is 5.16 Å². The van der Waals surface area contributed by atoms with Gasteiger partial charge in [-0.25, -0.2) is 0 Å². The van der Waals surface area contributed by atoms with Crippen LogP contribution in [0, 0.1) is 5.92 Å². The maximum Gasteiger partial charge on any atom is 0.220 e. The van der Waals surface area contributed by atoms with Crippen LogP contribution in [0.5, 0.6) is 0 Å². The molecular weight excluding hydrogens is 218 g/mol. The van der Waals surface area contributed by atoms with Gasteiger partial charge in [-0.1, -0.05) is 44.7 Å². The lowest BCUT2D eigenvalue weighted by atomic mass is 10.1. The molecule has 0 aliphatic carbocycles. The zero-order chi connectivity index (χ0) is 13.1. The first-order valence-corrected chi connectivity index (χ1v) is 6.35. The van der Waals surface area contributed by atoms with Crippen LogP contribution >= 0.6 is 0 Å². The summed E-state index contributed by atoms with van der Waals surface area (Å²) in [5, 5.41) is 14.1. The van der Waals surface area contributed by atoms with Crippen molar-refractivity contribution in [1.82, 2.24) is 5.32 Å². The Kier molecular flexibility index (Phi) is 9.19. The summed E-state index contributed by atoms with van der Waals surface area (Å²) in [6.45, 7) is 4.39. The van der Waals surface area contributed by atoms with Crippen molar-refractivity contribution in [3.63, 3.8) is 0 Å². The number of oxime groups is 1. The van der Waals surface area contributed by atoms with Gasteiger partial charge in [-0.15, -0.1) is 0 Å². The minimum Gasteiger partial charge on any atom is -0.409 e. The van der Waals surface area contributed by atoms with Crippen LogP contribution in [-0.2, 0) is 4.79 Å². The smallest absolute Gasteiger partial charge is 0.220 e. The van der Waals surface area contributed by atoms with Crippen LogP contribution in [0.4, 0.5) is 0 Å². The lowest BCUT2D eigenvalue weighted by molar-refractivity contribution is -0.121. The fourth-order valence-corrected chi connectivity index (χ4v) is 1.45. The van der Waals surface area contributed by atoms with E-state index in [2.05, 4.69) is 17.4 Å². The first-order chi connectivity index (χ1) is 8.11. The van der Waals surface area contributed by atoms with Crippen molar-refractivity contribution in [2.75, 3.05) is 6.54 Å². The van der Waals surface area contributed by atoms with Crippen molar-refractivity contribution in [3.05, 3.63) is 0 Å². The summed E-state index contributed by atoms with van der Waals surface area (Å²) >= 11 is 0. The van der Waals surface area contributed by atoms with Crippen molar-refractivity contribution in [3.8, 4) is 0 Å². The fourth-order valence-electron chi connectivity index (χ4n) is 1.45. The Morgan fingerprint density at radius 1 is 1.35 bits per heavy atom. The van der Waals surface area contributed by atoms with E-state index in [9.17, 15) is 4.79 Å². The Hall–Kier alpha value is -1.26. The molecule has 0 bridgehead atoms. The summed E-state index contributed by atoms with van der Waals surface area (Å²) in [5.74, 6) is 0.0522. The number of hydrogen-bond acceptors (Lipinski definition) is 3. The van der Waals surface area contributed by atoms with Gasteiger partial charge in [0.2, 0.25) is 5.91 Å². The van der Waals surface area contributed by atoms with Gasteiger partial charge in [0.15, 0.2) is 0 Å². The molecule has 0 aliphatic rings. The number of nitrogens with one attached hydrogen (secondary N) is 1. The van der Waals surface area contributed by atoms with E-state index in [1.807, 2.05) is 0 Å². The van der Waals surface area contributed by atoms with Gasteiger partial charge in [0, 0.05) is 18.9 Å². The van der Waals surface area contributed by atoms with Crippen LogP contribution in [0.2, 0.25) is 0 Å². The van der Waals surface area contributed by atoms with Crippen LogP contribution in [0.1, 0.15) is 52.4 Å². The molecule has 0 saturated heterocycles. The maximum atomic E-state index is 11.4. The number of carbonyl (C=O) groups excluding carboxylic acids is 1. The SMILES string of the molecule is CCCCCCCC(=O)NCC(C)/C(N)=N/O. The topological polar surface area (TPSA) is 87.7 Å². The molecule has 4 N–H and O–H groups in total. The molecule has 5 nitrogen and oxygen atoms in total. The highest BCUT2D eigenvalue weighted by atomic mass is 16.4. The molecule has 0 radical (unpaired) electrons. The summed E-state index contributed by atoms with van der Waals surface area (Å²) in [6, 6.07) is 0. The van der Waals surface area contributed by atoms with E-state index in [-0.39, 0.29) is 17.7 Å². The number of rotatable bonds is 9. The molecule has 0 aromatic rings. The van der Waals surface area contributed by atoms with E-state index < -0.39 is 0 Å². The van der Waals surface area contributed by atoms with Gasteiger partial charge in [0.25, 0.3) is 0 Å². The quantitative estimate of drug-likeness (QED) is 0.190. The van der Waals surface area contributed by atoms with E-state index in [4.69, 9.17) is 10.9 Å². The highest BCUT2D eigenvalue weighted by Gasteiger charge is 2.09. The molecule has 0 aromatic carbocycles. The average Bonchev–Trinajstić information content (AvgIpc) is 2.34. The molecule has 100 valence electrons. The minimum atomic E-state index is -0.135. The average molecular weight is 243 g/mol. The molecule has 5 heteroatoms. The lowest BCUT2D eigenvalue weighted by Crippen LogP contribution is -2.34. The summed E-state index contributed by atoms with van der Waals surface area (Å²) in [7, 11) is 0. The van der Waals surface area contributed by atoms with Gasteiger partial charge in [0.05, 0.1) is 0 Å². The third-order valence-electron chi connectivity index (χ3n) is 2.73. The number of carbonyl (C=O) groups is 1. The number of amides is 1. The molecule has 0 aromatic heterocycles. The van der Waals surface area contributed by atoms with Crippen LogP contribution < -0.4 is 11.1 Å². The second-order valence-electron chi connectivity index (χ2n) is 4.39. The molecule has 0 saturated carbocycles. The highest BCUT2D eigenvalue weighted by Crippen LogP contribution is 2.04. The number of amidine groups is 1. The maximum absolute atomic E-state index is 11.4. The summed E-state index contributed by atoms with van der Waals surface area (Å²) in [5.41, 5.74) is 5.41. The molecule has 0 spiro atoms. The van der Waals surface area contributed by atoms with Gasteiger partial charge >= 0.3 is 0 Å². The number of unbranched alkanes of at least 4 members (excludes halogenated alkanes) is 4. The molecule has 0 rings (SSSR count). The summed E-state index contributed by atoms with van der Waals surface area (Å²) < 4.78 is 0. The number of hydrogen-bond donors (Lipinski definition) is 3. The minimum absolute atomic E-state index is 0.0408. The zero-order valence-electron chi connectivity index (χ0n) is 10.9. The highest BCUT2D eigenvalue weighted by molar-refractivity contribution is 5.83. The predicted octanol–water partition coefficient (Wildman–Crippen LogP) is 1.85. The number of nitrogens with two attached hydrogens (primary N) is 1. The molecular formula is C12H25N3O2. The predicted molar refractivity (Wildman–Crippen MR) is 69.0 cm³/mol. The monoisotopic (exact) mass is 243 g/mol. The first kappa shape index (κ1) is 15.7. The van der Waals surface area contributed by atoms with Gasteiger partial charge in [-0.3, -0.25) is 4.79 Å².